The van der Waals surface area contributed by atoms with Gasteiger partial charge in [0, 0.05) is 37.3 Å². The summed E-state index contributed by atoms with van der Waals surface area (Å²) in [4.78, 5) is 34.7. The van der Waals surface area contributed by atoms with Crippen LogP contribution in [0, 0.1) is 0 Å². The van der Waals surface area contributed by atoms with Gasteiger partial charge in [-0.3, -0.25) is 18.9 Å². The van der Waals surface area contributed by atoms with E-state index < -0.39 is 0 Å². The summed E-state index contributed by atoms with van der Waals surface area (Å²) in [6.45, 7) is 4.07. The Hall–Kier alpha value is -1.84. The number of anilines is 1. The highest BCUT2D eigenvalue weighted by atomic mass is 32.2. The van der Waals surface area contributed by atoms with Gasteiger partial charge in [-0.15, -0.1) is 0 Å². The molecule has 0 N–H and O–H groups in total. The zero-order chi connectivity index (χ0) is 19.0. The van der Waals surface area contributed by atoms with Crippen LogP contribution in [0.5, 0.6) is 0 Å². The first kappa shape index (κ1) is 18.5. The van der Waals surface area contributed by atoms with E-state index in [-0.39, 0.29) is 11.5 Å². The van der Waals surface area contributed by atoms with Gasteiger partial charge in [-0.25, -0.2) is 4.98 Å². The zero-order valence-corrected chi connectivity index (χ0v) is 17.2. The molecule has 0 aromatic carbocycles. The molecule has 2 aliphatic rings. The molecule has 2 aliphatic heterocycles. The summed E-state index contributed by atoms with van der Waals surface area (Å²) in [7, 11) is 0. The number of pyridine rings is 1. The van der Waals surface area contributed by atoms with Gasteiger partial charge in [-0.1, -0.05) is 30.0 Å². The average molecular weight is 419 g/mol. The van der Waals surface area contributed by atoms with E-state index in [2.05, 4.69) is 4.90 Å². The topological polar surface area (TPSA) is 57.9 Å². The predicted octanol–water partition coefficient (Wildman–Crippen LogP) is 2.47. The van der Waals surface area contributed by atoms with Gasteiger partial charge < -0.3 is 4.90 Å². The molecule has 0 bridgehead atoms. The number of fused-ring (bicyclic) bond motifs is 1. The molecular weight excluding hydrogens is 400 g/mol. The number of carbonyl (C=O) groups is 1. The first-order valence-corrected chi connectivity index (χ1v) is 11.1. The monoisotopic (exact) mass is 418 g/mol. The second-order valence-corrected chi connectivity index (χ2v) is 9.01. The maximum Gasteiger partial charge on any atom is 0.267 e. The van der Waals surface area contributed by atoms with E-state index in [0.717, 1.165) is 24.6 Å². The molecule has 2 saturated heterocycles. The highest BCUT2D eigenvalue weighted by Gasteiger charge is 2.31. The molecule has 0 unspecified atom stereocenters. The quantitative estimate of drug-likeness (QED) is 0.561. The lowest BCUT2D eigenvalue weighted by molar-refractivity contribution is -0.121. The fraction of sp³-hybridized carbons (Fsp3) is 0.333. The number of likely N-dealkylation sites (N-methyl/N-ethyl adjacent to an activating group) is 1. The number of aromatic nitrogens is 2. The van der Waals surface area contributed by atoms with E-state index in [0.29, 0.717) is 32.8 Å². The van der Waals surface area contributed by atoms with Gasteiger partial charge in [0.25, 0.3) is 11.5 Å². The van der Waals surface area contributed by atoms with Crippen molar-refractivity contribution in [3.63, 3.8) is 0 Å². The van der Waals surface area contributed by atoms with E-state index >= 15 is 0 Å². The fourth-order valence-corrected chi connectivity index (χ4v) is 5.41. The molecule has 27 heavy (non-hydrogen) atoms. The number of thioether (sulfide) groups is 2. The number of amides is 1. The van der Waals surface area contributed by atoms with Crippen LogP contribution in [-0.2, 0) is 4.79 Å². The summed E-state index contributed by atoms with van der Waals surface area (Å²) in [5.74, 6) is 2.49. The standard InChI is InChI=1S/C18H18N4O2S3/c1-2-21-17(24)13(27-18(21)25)11-12-15(20-7-9-26-10-8-20)19-14-5-3-4-6-22(14)16(12)23/h3-6,11H,2,7-10H2,1H3. The largest absolute Gasteiger partial charge is 0.354 e. The van der Waals surface area contributed by atoms with Gasteiger partial charge in [-0.05, 0) is 25.1 Å². The fourth-order valence-electron chi connectivity index (χ4n) is 3.14. The van der Waals surface area contributed by atoms with Crippen molar-refractivity contribution in [2.45, 2.75) is 6.92 Å². The van der Waals surface area contributed by atoms with Crippen LogP contribution in [0.15, 0.2) is 34.1 Å². The maximum atomic E-state index is 13.2. The molecular formula is C18H18N4O2S3. The Morgan fingerprint density at radius 2 is 2.04 bits per heavy atom. The minimum Gasteiger partial charge on any atom is -0.354 e. The Morgan fingerprint density at radius 3 is 2.74 bits per heavy atom. The smallest absolute Gasteiger partial charge is 0.267 e. The van der Waals surface area contributed by atoms with Crippen molar-refractivity contribution in [1.82, 2.24) is 14.3 Å². The average Bonchev–Trinajstić information content (AvgIpc) is 2.97. The molecule has 4 heterocycles. The molecule has 0 radical (unpaired) electrons. The molecule has 2 aromatic rings. The highest BCUT2D eigenvalue weighted by Crippen LogP contribution is 2.33. The van der Waals surface area contributed by atoms with E-state index in [1.54, 1.807) is 23.2 Å². The second kappa shape index (κ2) is 7.65. The first-order valence-electron chi connectivity index (χ1n) is 8.69. The van der Waals surface area contributed by atoms with Crippen LogP contribution in [0.25, 0.3) is 11.7 Å². The van der Waals surface area contributed by atoms with Crippen LogP contribution in [0.4, 0.5) is 5.82 Å². The molecule has 0 saturated carbocycles. The number of carbonyl (C=O) groups excluding carboxylic acids is 1. The second-order valence-electron chi connectivity index (χ2n) is 6.11. The summed E-state index contributed by atoms with van der Waals surface area (Å²) < 4.78 is 2.05. The number of thiocarbonyl (C=S) groups is 1. The van der Waals surface area contributed by atoms with Crippen LogP contribution in [-0.4, -0.2) is 55.7 Å². The molecule has 140 valence electrons. The van der Waals surface area contributed by atoms with Crippen molar-refractivity contribution in [3.05, 3.63) is 45.2 Å². The molecule has 0 atom stereocenters. The number of hydrogen-bond donors (Lipinski definition) is 0. The first-order chi connectivity index (χ1) is 13.1. The molecule has 6 nitrogen and oxygen atoms in total. The summed E-state index contributed by atoms with van der Waals surface area (Å²) in [5.41, 5.74) is 0.881. The zero-order valence-electron chi connectivity index (χ0n) is 14.8. The van der Waals surface area contributed by atoms with E-state index in [1.807, 2.05) is 30.8 Å². The van der Waals surface area contributed by atoms with Crippen LogP contribution in [0.1, 0.15) is 12.5 Å². The number of rotatable bonds is 3. The third-order valence-electron chi connectivity index (χ3n) is 4.52. The molecule has 1 amide bonds. The van der Waals surface area contributed by atoms with E-state index in [4.69, 9.17) is 17.2 Å². The van der Waals surface area contributed by atoms with Crippen LogP contribution in [0.3, 0.4) is 0 Å². The van der Waals surface area contributed by atoms with Crippen molar-refractivity contribution in [2.24, 2.45) is 0 Å². The van der Waals surface area contributed by atoms with Gasteiger partial charge in [0.05, 0.1) is 10.5 Å². The summed E-state index contributed by atoms with van der Waals surface area (Å²) in [6, 6.07) is 5.49. The number of hydrogen-bond acceptors (Lipinski definition) is 7. The van der Waals surface area contributed by atoms with Gasteiger partial charge in [-0.2, -0.15) is 11.8 Å². The summed E-state index contributed by atoms with van der Waals surface area (Å²) in [6.07, 6.45) is 3.37. The molecule has 9 heteroatoms. The van der Waals surface area contributed by atoms with Crippen molar-refractivity contribution >= 4 is 63.5 Å². The Bertz CT molecular complexity index is 1010. The van der Waals surface area contributed by atoms with Gasteiger partial charge in [0.2, 0.25) is 0 Å². The minimum atomic E-state index is -0.171. The maximum absolute atomic E-state index is 13.2. The molecule has 4 rings (SSSR count). The predicted molar refractivity (Wildman–Crippen MR) is 117 cm³/mol. The van der Waals surface area contributed by atoms with Gasteiger partial charge >= 0.3 is 0 Å². The van der Waals surface area contributed by atoms with Crippen molar-refractivity contribution < 1.29 is 4.79 Å². The van der Waals surface area contributed by atoms with Crippen LogP contribution in [0.2, 0.25) is 0 Å². The third kappa shape index (κ3) is 3.39. The van der Waals surface area contributed by atoms with Gasteiger partial charge in [0.1, 0.15) is 15.8 Å². The lowest BCUT2D eigenvalue weighted by atomic mass is 10.2. The highest BCUT2D eigenvalue weighted by molar-refractivity contribution is 8.26. The summed E-state index contributed by atoms with van der Waals surface area (Å²) in [5, 5.41) is 0. The SMILES string of the molecule is CCN1C(=O)C(=Cc2c(N3CCSCC3)nc3ccccn3c2=O)SC1=S. The lowest BCUT2D eigenvalue weighted by Crippen LogP contribution is -2.35. The molecule has 2 fully saturated rings. The Balaban J connectivity index is 1.89. The Morgan fingerprint density at radius 1 is 1.26 bits per heavy atom. The van der Waals surface area contributed by atoms with E-state index in [9.17, 15) is 9.59 Å². The van der Waals surface area contributed by atoms with Crippen molar-refractivity contribution in [1.29, 1.82) is 0 Å². The minimum absolute atomic E-state index is 0.148. The summed E-state index contributed by atoms with van der Waals surface area (Å²) >= 11 is 8.43. The number of nitrogens with zero attached hydrogens (tertiary/aromatic N) is 4. The van der Waals surface area contributed by atoms with Crippen LogP contribution >= 0.6 is 35.7 Å². The molecule has 2 aromatic heterocycles. The van der Waals surface area contributed by atoms with Gasteiger partial charge in [0.15, 0.2) is 0 Å². The van der Waals surface area contributed by atoms with Crippen LogP contribution < -0.4 is 10.5 Å². The Labute approximate surface area is 170 Å². The lowest BCUT2D eigenvalue weighted by Gasteiger charge is -2.28. The van der Waals surface area contributed by atoms with Crippen molar-refractivity contribution in [3.8, 4) is 0 Å². The third-order valence-corrected chi connectivity index (χ3v) is 6.85. The van der Waals surface area contributed by atoms with E-state index in [1.165, 1.54) is 16.2 Å². The Kier molecular flexibility index (Phi) is 5.25. The molecule has 0 spiro atoms. The van der Waals surface area contributed by atoms with Crippen molar-refractivity contribution in [2.75, 3.05) is 36.0 Å². The molecule has 0 aliphatic carbocycles. The normalized spacial score (nSPS) is 19.5.